The number of carbonyl (C=O) groups is 1. The topological polar surface area (TPSA) is 71.2 Å². The number of aryl methyl sites for hydroxylation is 1. The first kappa shape index (κ1) is 14.8. The smallest absolute Gasteiger partial charge is 0.252 e. The Bertz CT molecular complexity index is 493. The van der Waals surface area contributed by atoms with Crippen LogP contribution in [0.2, 0.25) is 0 Å². The van der Waals surface area contributed by atoms with Crippen LogP contribution in [0, 0.1) is 6.92 Å². The molecule has 3 N–H and O–H groups in total. The van der Waals surface area contributed by atoms with Crippen molar-refractivity contribution >= 4 is 11.7 Å². The summed E-state index contributed by atoms with van der Waals surface area (Å²) >= 11 is 0. The lowest BCUT2D eigenvalue weighted by molar-refractivity contribution is 0.100. The predicted molar refractivity (Wildman–Crippen MR) is 80.9 cm³/mol. The molecule has 0 spiro atoms. The maximum absolute atomic E-state index is 11.5. The molecule has 0 unspecified atom stereocenters. The molecule has 2 rings (SSSR count). The summed E-state index contributed by atoms with van der Waals surface area (Å²) in [5.74, 6) is 0.163. The summed E-state index contributed by atoms with van der Waals surface area (Å²) < 4.78 is 0. The zero-order valence-corrected chi connectivity index (χ0v) is 12.6. The van der Waals surface area contributed by atoms with Gasteiger partial charge in [0.25, 0.3) is 5.91 Å². The molecule has 1 heterocycles. The van der Waals surface area contributed by atoms with Gasteiger partial charge in [-0.15, -0.1) is 0 Å². The average molecular weight is 276 g/mol. The monoisotopic (exact) mass is 276 g/mol. The van der Waals surface area contributed by atoms with Crippen LogP contribution in [0.4, 0.5) is 5.82 Å². The zero-order valence-electron chi connectivity index (χ0n) is 12.6. The number of hydrogen-bond acceptors (Lipinski definition) is 4. The molecule has 5 heteroatoms. The number of pyridine rings is 1. The molecule has 0 atom stereocenters. The lowest BCUT2D eigenvalue weighted by atomic mass is 9.96. The highest BCUT2D eigenvalue weighted by atomic mass is 16.1. The summed E-state index contributed by atoms with van der Waals surface area (Å²) in [6.45, 7) is 2.70. The van der Waals surface area contributed by atoms with Crippen molar-refractivity contribution in [2.75, 3.05) is 26.0 Å². The molecule has 0 aromatic carbocycles. The van der Waals surface area contributed by atoms with Gasteiger partial charge < -0.3 is 16.0 Å². The Morgan fingerprint density at radius 1 is 1.40 bits per heavy atom. The Labute approximate surface area is 120 Å². The number of nitrogens with zero attached hydrogens (tertiary/aromatic N) is 2. The van der Waals surface area contributed by atoms with Crippen LogP contribution in [0.1, 0.15) is 41.7 Å². The van der Waals surface area contributed by atoms with Crippen LogP contribution < -0.4 is 11.1 Å². The minimum Gasteiger partial charge on any atom is -0.368 e. The van der Waals surface area contributed by atoms with E-state index in [0.29, 0.717) is 11.4 Å². The van der Waals surface area contributed by atoms with Crippen LogP contribution in [0.15, 0.2) is 12.1 Å². The summed E-state index contributed by atoms with van der Waals surface area (Å²) in [6.07, 6.45) is 4.85. The number of nitrogens with one attached hydrogen (secondary N) is 1. The second-order valence-electron chi connectivity index (χ2n) is 5.89. The minimum absolute atomic E-state index is 0.153. The summed E-state index contributed by atoms with van der Waals surface area (Å²) in [5, 5.41) is 3.35. The van der Waals surface area contributed by atoms with Gasteiger partial charge in [-0.3, -0.25) is 4.79 Å². The summed E-state index contributed by atoms with van der Waals surface area (Å²) in [6, 6.07) is 3.55. The Hall–Kier alpha value is -1.62. The summed E-state index contributed by atoms with van der Waals surface area (Å²) in [4.78, 5) is 18.2. The van der Waals surface area contributed by atoms with Crippen molar-refractivity contribution in [3.05, 3.63) is 23.4 Å². The van der Waals surface area contributed by atoms with E-state index < -0.39 is 5.91 Å². The van der Waals surface area contributed by atoms with E-state index in [1.807, 2.05) is 13.0 Å². The quantitative estimate of drug-likeness (QED) is 0.860. The Morgan fingerprint density at radius 3 is 2.60 bits per heavy atom. The number of amides is 1. The number of carbonyl (C=O) groups excluding carboxylic acids is 1. The van der Waals surface area contributed by atoms with E-state index in [1.165, 1.54) is 25.7 Å². The third-order valence-electron chi connectivity index (χ3n) is 4.37. The zero-order chi connectivity index (χ0) is 14.8. The van der Waals surface area contributed by atoms with Gasteiger partial charge in [0.2, 0.25) is 0 Å². The number of nitrogens with two attached hydrogens (primary N) is 1. The van der Waals surface area contributed by atoms with Gasteiger partial charge in [0, 0.05) is 17.8 Å². The molecular weight excluding hydrogens is 252 g/mol. The second kappa shape index (κ2) is 5.79. The van der Waals surface area contributed by atoms with E-state index in [0.717, 1.165) is 12.2 Å². The molecule has 110 valence electrons. The summed E-state index contributed by atoms with van der Waals surface area (Å²) in [5.41, 5.74) is 6.90. The third-order valence-corrected chi connectivity index (χ3v) is 4.37. The lowest BCUT2D eigenvalue weighted by Gasteiger charge is -2.36. The maximum Gasteiger partial charge on any atom is 0.252 e. The normalized spacial score (nSPS) is 17.4. The van der Waals surface area contributed by atoms with Crippen LogP contribution >= 0.6 is 0 Å². The number of anilines is 1. The molecule has 20 heavy (non-hydrogen) atoms. The van der Waals surface area contributed by atoms with Crippen molar-refractivity contribution in [3.8, 4) is 0 Å². The van der Waals surface area contributed by atoms with Crippen LogP contribution in [-0.4, -0.2) is 42.0 Å². The highest BCUT2D eigenvalue weighted by Crippen LogP contribution is 2.34. The number of rotatable bonds is 5. The highest BCUT2D eigenvalue weighted by molar-refractivity contribution is 5.97. The molecule has 1 aromatic rings. The Balaban J connectivity index is 2.17. The largest absolute Gasteiger partial charge is 0.368 e. The average Bonchev–Trinajstić information content (AvgIpc) is 2.86. The molecular formula is C15H24N4O. The van der Waals surface area contributed by atoms with Crippen LogP contribution in [0.3, 0.4) is 0 Å². The van der Waals surface area contributed by atoms with Gasteiger partial charge in [-0.1, -0.05) is 12.8 Å². The van der Waals surface area contributed by atoms with E-state index >= 15 is 0 Å². The fourth-order valence-corrected chi connectivity index (χ4v) is 2.95. The fraction of sp³-hybridized carbons (Fsp3) is 0.600. The van der Waals surface area contributed by atoms with E-state index in [9.17, 15) is 4.79 Å². The van der Waals surface area contributed by atoms with Crippen molar-refractivity contribution in [1.29, 1.82) is 0 Å². The molecule has 0 aliphatic heterocycles. The predicted octanol–water partition coefficient (Wildman–Crippen LogP) is 1.78. The van der Waals surface area contributed by atoms with Crippen molar-refractivity contribution in [2.45, 2.75) is 38.1 Å². The van der Waals surface area contributed by atoms with E-state index in [4.69, 9.17) is 5.73 Å². The molecule has 1 saturated carbocycles. The van der Waals surface area contributed by atoms with E-state index in [-0.39, 0.29) is 5.54 Å². The second-order valence-corrected chi connectivity index (χ2v) is 5.89. The van der Waals surface area contributed by atoms with Gasteiger partial charge in [-0.25, -0.2) is 4.98 Å². The first-order valence-electron chi connectivity index (χ1n) is 7.13. The third kappa shape index (κ3) is 2.93. The van der Waals surface area contributed by atoms with Crippen molar-refractivity contribution in [3.63, 3.8) is 0 Å². The molecule has 1 fully saturated rings. The standard InChI is InChI=1S/C15H24N4O/c1-11-6-7-12(13(16)20)14(18-11)17-10-15(19(2)3)8-4-5-9-15/h6-7H,4-5,8-10H2,1-3H3,(H2,16,20)(H,17,18). The Kier molecular flexibility index (Phi) is 4.28. The highest BCUT2D eigenvalue weighted by Gasteiger charge is 2.35. The maximum atomic E-state index is 11.5. The fourth-order valence-electron chi connectivity index (χ4n) is 2.95. The van der Waals surface area contributed by atoms with E-state index in [1.54, 1.807) is 6.07 Å². The van der Waals surface area contributed by atoms with Crippen LogP contribution in [-0.2, 0) is 0 Å². The van der Waals surface area contributed by atoms with Gasteiger partial charge in [0.15, 0.2) is 0 Å². The molecule has 1 amide bonds. The van der Waals surface area contributed by atoms with E-state index in [2.05, 4.69) is 29.3 Å². The first-order chi connectivity index (χ1) is 9.44. The number of likely N-dealkylation sites (N-methyl/N-ethyl adjacent to an activating group) is 1. The van der Waals surface area contributed by atoms with Gasteiger partial charge in [-0.05, 0) is 46.0 Å². The SMILES string of the molecule is Cc1ccc(C(N)=O)c(NCC2(N(C)C)CCCC2)n1. The van der Waals surface area contributed by atoms with Crippen LogP contribution in [0.25, 0.3) is 0 Å². The molecule has 0 bridgehead atoms. The van der Waals surface area contributed by atoms with Crippen molar-refractivity contribution in [1.82, 2.24) is 9.88 Å². The minimum atomic E-state index is -0.440. The Morgan fingerprint density at radius 2 is 2.05 bits per heavy atom. The lowest BCUT2D eigenvalue weighted by Crippen LogP contribution is -2.47. The number of primary amides is 1. The molecule has 5 nitrogen and oxygen atoms in total. The molecule has 1 aliphatic carbocycles. The van der Waals surface area contributed by atoms with Crippen LogP contribution in [0.5, 0.6) is 0 Å². The molecule has 0 saturated heterocycles. The molecule has 0 radical (unpaired) electrons. The van der Waals surface area contributed by atoms with Gasteiger partial charge in [-0.2, -0.15) is 0 Å². The first-order valence-corrected chi connectivity index (χ1v) is 7.13. The van der Waals surface area contributed by atoms with Gasteiger partial charge in [0.1, 0.15) is 5.82 Å². The molecule has 1 aromatic heterocycles. The summed E-state index contributed by atoms with van der Waals surface area (Å²) in [7, 11) is 4.23. The van der Waals surface area contributed by atoms with Gasteiger partial charge in [0.05, 0.1) is 5.56 Å². The number of hydrogen-bond donors (Lipinski definition) is 2. The van der Waals surface area contributed by atoms with Crippen molar-refractivity contribution < 1.29 is 4.79 Å². The molecule has 1 aliphatic rings. The van der Waals surface area contributed by atoms with Crippen molar-refractivity contribution in [2.24, 2.45) is 5.73 Å². The number of aromatic nitrogens is 1. The van der Waals surface area contributed by atoms with Gasteiger partial charge >= 0.3 is 0 Å².